The van der Waals surface area contributed by atoms with Crippen molar-refractivity contribution in [3.63, 3.8) is 0 Å². The SMILES string of the molecule is FC[C@@H]1[C@@H](OCc2ccccc2)[C@H](OCc2ccccc2)[C@@H](OCc2ccccc2)CN1CCc1c(F)cc(-c2ccccc2)cc1F. The van der Waals surface area contributed by atoms with E-state index in [2.05, 4.69) is 0 Å². The van der Waals surface area contributed by atoms with Gasteiger partial charge in [-0.1, -0.05) is 121 Å². The topological polar surface area (TPSA) is 30.9 Å². The molecule has 48 heavy (non-hydrogen) atoms. The lowest BCUT2D eigenvalue weighted by molar-refractivity contribution is -0.205. The normalized spacial score (nSPS) is 19.7. The van der Waals surface area contributed by atoms with Crippen molar-refractivity contribution in [2.75, 3.05) is 19.8 Å². The monoisotopic (exact) mass is 651 g/mol. The number of likely N-dealkylation sites (tertiary alicyclic amines) is 1. The Morgan fingerprint density at radius 1 is 0.562 bits per heavy atom. The molecule has 7 heteroatoms. The molecular formula is C41H40F3NO3. The third-order valence-corrected chi connectivity index (χ3v) is 8.89. The quantitative estimate of drug-likeness (QED) is 0.120. The summed E-state index contributed by atoms with van der Waals surface area (Å²) < 4.78 is 65.6. The van der Waals surface area contributed by atoms with Crippen molar-refractivity contribution in [2.24, 2.45) is 0 Å². The van der Waals surface area contributed by atoms with Crippen molar-refractivity contribution in [3.05, 3.63) is 167 Å². The van der Waals surface area contributed by atoms with Gasteiger partial charge in [0, 0.05) is 18.7 Å². The molecule has 0 unspecified atom stereocenters. The van der Waals surface area contributed by atoms with Gasteiger partial charge in [0.1, 0.15) is 30.5 Å². The lowest BCUT2D eigenvalue weighted by Crippen LogP contribution is -2.64. The molecule has 0 amide bonds. The molecule has 5 aromatic carbocycles. The Hall–Kier alpha value is -4.27. The molecule has 4 nitrogen and oxygen atoms in total. The Morgan fingerprint density at radius 3 is 1.52 bits per heavy atom. The van der Waals surface area contributed by atoms with Crippen LogP contribution in [0.5, 0.6) is 0 Å². The van der Waals surface area contributed by atoms with Crippen LogP contribution in [0.1, 0.15) is 22.3 Å². The van der Waals surface area contributed by atoms with Crippen LogP contribution in [0.2, 0.25) is 0 Å². The van der Waals surface area contributed by atoms with Gasteiger partial charge >= 0.3 is 0 Å². The van der Waals surface area contributed by atoms with Gasteiger partial charge in [-0.05, 0) is 46.4 Å². The van der Waals surface area contributed by atoms with Crippen LogP contribution in [0.3, 0.4) is 0 Å². The Labute approximate surface area is 280 Å². The van der Waals surface area contributed by atoms with Gasteiger partial charge < -0.3 is 14.2 Å². The minimum atomic E-state index is -0.728. The van der Waals surface area contributed by atoms with Gasteiger partial charge in [-0.3, -0.25) is 4.90 Å². The number of nitrogens with zero attached hydrogens (tertiary/aromatic N) is 1. The summed E-state index contributed by atoms with van der Waals surface area (Å²) in [5.41, 5.74) is 4.08. The lowest BCUT2D eigenvalue weighted by atomic mass is 9.92. The van der Waals surface area contributed by atoms with E-state index in [4.69, 9.17) is 14.2 Å². The van der Waals surface area contributed by atoms with Crippen molar-refractivity contribution in [3.8, 4) is 11.1 Å². The molecule has 0 saturated carbocycles. The van der Waals surface area contributed by atoms with Crippen LogP contribution in [0, 0.1) is 11.6 Å². The first-order chi connectivity index (χ1) is 23.6. The van der Waals surface area contributed by atoms with E-state index in [1.54, 1.807) is 0 Å². The Balaban J connectivity index is 1.27. The van der Waals surface area contributed by atoms with E-state index >= 15 is 13.2 Å². The Morgan fingerprint density at radius 2 is 1.02 bits per heavy atom. The minimum Gasteiger partial charge on any atom is -0.369 e. The van der Waals surface area contributed by atoms with Crippen LogP contribution in [-0.2, 0) is 40.5 Å². The maximum absolute atomic E-state index is 15.4. The summed E-state index contributed by atoms with van der Waals surface area (Å²) in [6.07, 6.45) is -1.78. The van der Waals surface area contributed by atoms with Gasteiger partial charge in [0.2, 0.25) is 0 Å². The average molecular weight is 652 g/mol. The Bertz CT molecular complexity index is 1670. The zero-order chi connectivity index (χ0) is 33.1. The third-order valence-electron chi connectivity index (χ3n) is 8.89. The molecular weight excluding hydrogens is 611 g/mol. The predicted octanol–water partition coefficient (Wildman–Crippen LogP) is 8.58. The zero-order valence-electron chi connectivity index (χ0n) is 26.8. The number of hydrogen-bond donors (Lipinski definition) is 0. The second-order valence-electron chi connectivity index (χ2n) is 12.1. The Kier molecular flexibility index (Phi) is 11.7. The highest BCUT2D eigenvalue weighted by molar-refractivity contribution is 5.64. The van der Waals surface area contributed by atoms with E-state index < -0.39 is 42.7 Å². The fourth-order valence-corrected chi connectivity index (χ4v) is 6.31. The number of piperidine rings is 1. The van der Waals surface area contributed by atoms with Gasteiger partial charge in [0.15, 0.2) is 0 Å². The molecule has 248 valence electrons. The second kappa shape index (κ2) is 16.7. The van der Waals surface area contributed by atoms with Crippen molar-refractivity contribution >= 4 is 0 Å². The highest BCUT2D eigenvalue weighted by Gasteiger charge is 2.46. The van der Waals surface area contributed by atoms with E-state index in [1.165, 1.54) is 12.1 Å². The third kappa shape index (κ3) is 8.60. The maximum Gasteiger partial charge on any atom is 0.129 e. The molecule has 5 aromatic rings. The van der Waals surface area contributed by atoms with Crippen LogP contribution in [0.4, 0.5) is 13.2 Å². The first-order valence-electron chi connectivity index (χ1n) is 16.4. The van der Waals surface area contributed by atoms with Crippen molar-refractivity contribution < 1.29 is 27.4 Å². The summed E-state index contributed by atoms with van der Waals surface area (Å²) >= 11 is 0. The summed E-state index contributed by atoms with van der Waals surface area (Å²) in [5, 5.41) is 0. The second-order valence-corrected chi connectivity index (χ2v) is 12.1. The van der Waals surface area contributed by atoms with Crippen LogP contribution in [0.25, 0.3) is 11.1 Å². The van der Waals surface area contributed by atoms with Gasteiger partial charge in [-0.25, -0.2) is 13.2 Å². The molecule has 1 heterocycles. The number of alkyl halides is 1. The van der Waals surface area contributed by atoms with Crippen LogP contribution in [-0.4, -0.2) is 49.0 Å². The summed E-state index contributed by atoms with van der Waals surface area (Å²) in [5.74, 6) is -1.25. The molecule has 0 N–H and O–H groups in total. The lowest BCUT2D eigenvalue weighted by Gasteiger charge is -2.47. The maximum atomic E-state index is 15.4. The van der Waals surface area contributed by atoms with E-state index in [0.717, 1.165) is 22.3 Å². The standard InChI is InChI=1S/C41H40F3NO3/c42-25-38-40(47-28-31-15-7-2-8-16-31)41(48-29-32-17-9-3-10-18-32)39(46-27-30-13-5-1-6-14-30)26-45(38)22-21-35-36(43)23-34(24-37(35)44)33-19-11-4-12-20-33/h1-20,23-24,38-41H,21-22,25-29H2/t38-,39+,40-,41-/m1/s1. The molecule has 4 atom stereocenters. The van der Waals surface area contributed by atoms with E-state index in [-0.39, 0.29) is 25.1 Å². The fraction of sp³-hybridized carbons (Fsp3) is 0.268. The van der Waals surface area contributed by atoms with E-state index in [9.17, 15) is 0 Å². The average Bonchev–Trinajstić information content (AvgIpc) is 3.13. The molecule has 1 aliphatic rings. The molecule has 0 radical (unpaired) electrons. The molecule has 0 aromatic heterocycles. The smallest absolute Gasteiger partial charge is 0.129 e. The highest BCUT2D eigenvalue weighted by Crippen LogP contribution is 2.30. The number of rotatable bonds is 14. The van der Waals surface area contributed by atoms with Gasteiger partial charge in [0.05, 0.1) is 32.0 Å². The van der Waals surface area contributed by atoms with Crippen molar-refractivity contribution in [2.45, 2.75) is 50.6 Å². The zero-order valence-corrected chi connectivity index (χ0v) is 26.8. The van der Waals surface area contributed by atoms with Crippen LogP contribution in [0.15, 0.2) is 133 Å². The molecule has 0 spiro atoms. The molecule has 1 saturated heterocycles. The predicted molar refractivity (Wildman–Crippen MR) is 182 cm³/mol. The van der Waals surface area contributed by atoms with Gasteiger partial charge in [0.25, 0.3) is 0 Å². The van der Waals surface area contributed by atoms with Crippen molar-refractivity contribution in [1.29, 1.82) is 0 Å². The molecule has 6 rings (SSSR count). The molecule has 0 bridgehead atoms. The first kappa shape index (κ1) is 33.6. The van der Waals surface area contributed by atoms with E-state index in [1.807, 2.05) is 126 Å². The molecule has 0 aliphatic carbocycles. The van der Waals surface area contributed by atoms with Gasteiger partial charge in [-0.15, -0.1) is 0 Å². The van der Waals surface area contributed by atoms with E-state index in [0.29, 0.717) is 25.3 Å². The summed E-state index contributed by atoms with van der Waals surface area (Å²) in [4.78, 5) is 1.90. The van der Waals surface area contributed by atoms with Crippen LogP contribution >= 0.6 is 0 Å². The molecule has 1 fully saturated rings. The first-order valence-corrected chi connectivity index (χ1v) is 16.4. The number of benzene rings is 5. The molecule has 1 aliphatic heterocycles. The largest absolute Gasteiger partial charge is 0.369 e. The van der Waals surface area contributed by atoms with Crippen LogP contribution < -0.4 is 0 Å². The highest BCUT2D eigenvalue weighted by atomic mass is 19.1. The van der Waals surface area contributed by atoms with Crippen molar-refractivity contribution in [1.82, 2.24) is 4.90 Å². The number of hydrogen-bond acceptors (Lipinski definition) is 4. The number of halogens is 3. The number of ether oxygens (including phenoxy) is 3. The summed E-state index contributed by atoms with van der Waals surface area (Å²) in [7, 11) is 0. The fourth-order valence-electron chi connectivity index (χ4n) is 6.31. The summed E-state index contributed by atoms with van der Waals surface area (Å²) in [6.45, 7) is 0.641. The minimum absolute atomic E-state index is 0.0294. The summed E-state index contributed by atoms with van der Waals surface area (Å²) in [6, 6.07) is 40.5. The van der Waals surface area contributed by atoms with Gasteiger partial charge in [-0.2, -0.15) is 0 Å².